The monoisotopic (exact) mass is 274 g/mol. The van der Waals surface area contributed by atoms with E-state index in [1.807, 2.05) is 0 Å². The summed E-state index contributed by atoms with van der Waals surface area (Å²) < 4.78 is 13.4. The minimum absolute atomic E-state index is 0.269. The molecule has 0 saturated heterocycles. The molecule has 0 aliphatic carbocycles. The Hall–Kier alpha value is -2.47. The number of carbonyl (C=O) groups is 1. The van der Waals surface area contributed by atoms with Crippen LogP contribution in [0.1, 0.15) is 15.9 Å². The Labute approximate surface area is 116 Å². The van der Waals surface area contributed by atoms with Crippen molar-refractivity contribution in [3.05, 3.63) is 59.7 Å². The normalized spacial score (nSPS) is 10.1. The van der Waals surface area contributed by atoms with E-state index in [4.69, 9.17) is 5.84 Å². The van der Waals surface area contributed by atoms with Gasteiger partial charge in [0.25, 0.3) is 5.91 Å². The van der Waals surface area contributed by atoms with Crippen LogP contribution >= 0.6 is 0 Å². The Morgan fingerprint density at radius 2 is 2.10 bits per heavy atom. The summed E-state index contributed by atoms with van der Waals surface area (Å²) >= 11 is 0. The summed E-state index contributed by atoms with van der Waals surface area (Å²) in [4.78, 5) is 15.8. The summed E-state index contributed by atoms with van der Waals surface area (Å²) in [6.45, 7) is 0.339. The van der Waals surface area contributed by atoms with Gasteiger partial charge in [-0.1, -0.05) is 18.2 Å². The molecular weight excluding hydrogens is 259 g/mol. The number of amides is 1. The number of rotatable bonds is 5. The molecule has 2 aromatic rings. The van der Waals surface area contributed by atoms with Crippen molar-refractivity contribution in [1.82, 2.24) is 10.3 Å². The second-order valence-electron chi connectivity index (χ2n) is 4.16. The van der Waals surface area contributed by atoms with Crippen LogP contribution in [-0.2, 0) is 6.42 Å². The second kappa shape index (κ2) is 6.63. The number of hydrazine groups is 1. The summed E-state index contributed by atoms with van der Waals surface area (Å²) in [5.41, 5.74) is 3.82. The van der Waals surface area contributed by atoms with E-state index in [1.165, 1.54) is 18.5 Å². The lowest BCUT2D eigenvalue weighted by Crippen LogP contribution is -2.27. The fourth-order valence-electron chi connectivity index (χ4n) is 1.81. The number of hydrogen-bond donors (Lipinski definition) is 3. The Bertz CT molecular complexity index is 603. The zero-order valence-corrected chi connectivity index (χ0v) is 10.8. The van der Waals surface area contributed by atoms with Crippen LogP contribution in [0, 0.1) is 5.82 Å². The van der Waals surface area contributed by atoms with Crippen molar-refractivity contribution >= 4 is 11.6 Å². The van der Waals surface area contributed by atoms with E-state index in [0.29, 0.717) is 29.8 Å². The first kappa shape index (κ1) is 14.0. The number of hydrogen-bond acceptors (Lipinski definition) is 4. The summed E-state index contributed by atoms with van der Waals surface area (Å²) in [5.74, 6) is 4.76. The third-order valence-electron chi connectivity index (χ3n) is 2.86. The van der Waals surface area contributed by atoms with Crippen molar-refractivity contribution < 1.29 is 9.18 Å². The highest BCUT2D eigenvalue weighted by molar-refractivity contribution is 5.99. The number of benzene rings is 1. The van der Waals surface area contributed by atoms with Crippen molar-refractivity contribution in [3.63, 3.8) is 0 Å². The van der Waals surface area contributed by atoms with E-state index in [0.717, 1.165) is 0 Å². The fourth-order valence-corrected chi connectivity index (χ4v) is 1.81. The molecule has 0 aliphatic rings. The van der Waals surface area contributed by atoms with Crippen molar-refractivity contribution in [1.29, 1.82) is 0 Å². The topological polar surface area (TPSA) is 80.0 Å². The first-order valence-electron chi connectivity index (χ1n) is 6.14. The van der Waals surface area contributed by atoms with E-state index in [2.05, 4.69) is 15.7 Å². The molecule has 0 unspecified atom stereocenters. The molecule has 1 amide bonds. The molecule has 0 bridgehead atoms. The molecule has 0 fully saturated rings. The lowest BCUT2D eigenvalue weighted by molar-refractivity contribution is 0.0954. The Kier molecular flexibility index (Phi) is 4.62. The molecule has 104 valence electrons. The van der Waals surface area contributed by atoms with Gasteiger partial charge in [0.05, 0.1) is 17.4 Å². The molecule has 4 N–H and O–H groups in total. The van der Waals surface area contributed by atoms with Gasteiger partial charge < -0.3 is 10.7 Å². The highest BCUT2D eigenvalue weighted by atomic mass is 19.1. The molecule has 0 radical (unpaired) electrons. The molecule has 5 nitrogen and oxygen atoms in total. The molecule has 6 heteroatoms. The number of aromatic nitrogens is 1. The summed E-state index contributed by atoms with van der Waals surface area (Å²) in [5, 5.41) is 2.72. The third-order valence-corrected chi connectivity index (χ3v) is 2.86. The number of nitrogen functional groups attached to an aromatic ring is 1. The SMILES string of the molecule is NNc1cnccc1C(=O)NCCc1ccccc1F. The van der Waals surface area contributed by atoms with Crippen LogP contribution in [0.25, 0.3) is 0 Å². The van der Waals surface area contributed by atoms with Crippen molar-refractivity contribution in [2.45, 2.75) is 6.42 Å². The van der Waals surface area contributed by atoms with Gasteiger partial charge in [-0.05, 0) is 24.1 Å². The van der Waals surface area contributed by atoms with E-state index in [9.17, 15) is 9.18 Å². The molecular formula is C14H15FN4O. The fraction of sp³-hybridized carbons (Fsp3) is 0.143. The molecule has 0 atom stereocenters. The van der Waals surface area contributed by atoms with E-state index in [1.54, 1.807) is 24.3 Å². The van der Waals surface area contributed by atoms with E-state index >= 15 is 0 Å². The molecule has 0 aliphatic heterocycles. The highest BCUT2D eigenvalue weighted by Crippen LogP contribution is 2.11. The molecule has 2 rings (SSSR count). The molecule has 1 aromatic carbocycles. The van der Waals surface area contributed by atoms with Crippen LogP contribution in [0.3, 0.4) is 0 Å². The van der Waals surface area contributed by atoms with Crippen LogP contribution < -0.4 is 16.6 Å². The molecule has 1 aromatic heterocycles. The van der Waals surface area contributed by atoms with Gasteiger partial charge in [-0.25, -0.2) is 4.39 Å². The number of nitrogens with zero attached hydrogens (tertiary/aromatic N) is 1. The van der Waals surface area contributed by atoms with Crippen LogP contribution in [0.5, 0.6) is 0 Å². The van der Waals surface area contributed by atoms with Crippen LogP contribution in [0.15, 0.2) is 42.7 Å². The van der Waals surface area contributed by atoms with Gasteiger partial charge in [-0.2, -0.15) is 0 Å². The number of carbonyl (C=O) groups excluding carboxylic acids is 1. The van der Waals surface area contributed by atoms with Gasteiger partial charge in [-0.3, -0.25) is 15.6 Å². The van der Waals surface area contributed by atoms with Gasteiger partial charge in [-0.15, -0.1) is 0 Å². The smallest absolute Gasteiger partial charge is 0.253 e. The predicted octanol–water partition coefficient (Wildman–Crippen LogP) is 1.48. The van der Waals surface area contributed by atoms with Gasteiger partial charge in [0.15, 0.2) is 0 Å². The lowest BCUT2D eigenvalue weighted by Gasteiger charge is -2.09. The zero-order chi connectivity index (χ0) is 14.4. The number of pyridine rings is 1. The van der Waals surface area contributed by atoms with Gasteiger partial charge in [0, 0.05) is 12.7 Å². The number of nitrogens with two attached hydrogens (primary N) is 1. The predicted molar refractivity (Wildman–Crippen MR) is 74.5 cm³/mol. The summed E-state index contributed by atoms with van der Waals surface area (Å²) in [6.07, 6.45) is 3.40. The molecule has 0 spiro atoms. The van der Waals surface area contributed by atoms with Crippen molar-refractivity contribution in [2.24, 2.45) is 5.84 Å². The third kappa shape index (κ3) is 3.30. The van der Waals surface area contributed by atoms with Crippen LogP contribution in [0.4, 0.5) is 10.1 Å². The lowest BCUT2D eigenvalue weighted by atomic mass is 10.1. The van der Waals surface area contributed by atoms with Gasteiger partial charge in [0.1, 0.15) is 5.82 Å². The summed E-state index contributed by atoms with van der Waals surface area (Å²) in [7, 11) is 0. The largest absolute Gasteiger partial charge is 0.352 e. The Morgan fingerprint density at radius 3 is 2.85 bits per heavy atom. The number of halogens is 1. The first-order valence-corrected chi connectivity index (χ1v) is 6.14. The molecule has 20 heavy (non-hydrogen) atoms. The standard InChI is InChI=1S/C14H15FN4O/c15-12-4-2-1-3-10(12)5-8-18-14(20)11-6-7-17-9-13(11)19-16/h1-4,6-7,9,19H,5,8,16H2,(H,18,20). The number of nitrogens with one attached hydrogen (secondary N) is 2. The quantitative estimate of drug-likeness (QED) is 0.570. The minimum atomic E-state index is -0.281. The van der Waals surface area contributed by atoms with Crippen LogP contribution in [0.2, 0.25) is 0 Å². The van der Waals surface area contributed by atoms with E-state index < -0.39 is 0 Å². The summed E-state index contributed by atoms with van der Waals surface area (Å²) in [6, 6.07) is 8.05. The number of anilines is 1. The minimum Gasteiger partial charge on any atom is -0.352 e. The molecule has 1 heterocycles. The second-order valence-corrected chi connectivity index (χ2v) is 4.16. The first-order chi connectivity index (χ1) is 9.72. The maximum Gasteiger partial charge on any atom is 0.253 e. The average Bonchev–Trinajstić information content (AvgIpc) is 2.49. The maximum absolute atomic E-state index is 13.4. The van der Waals surface area contributed by atoms with Crippen LogP contribution in [-0.4, -0.2) is 17.4 Å². The van der Waals surface area contributed by atoms with E-state index in [-0.39, 0.29) is 11.7 Å². The Morgan fingerprint density at radius 1 is 1.30 bits per heavy atom. The Balaban J connectivity index is 1.94. The molecule has 0 saturated carbocycles. The average molecular weight is 274 g/mol. The zero-order valence-electron chi connectivity index (χ0n) is 10.8. The van der Waals surface area contributed by atoms with Crippen molar-refractivity contribution in [2.75, 3.05) is 12.0 Å². The maximum atomic E-state index is 13.4. The van der Waals surface area contributed by atoms with Gasteiger partial charge in [0.2, 0.25) is 0 Å². The highest BCUT2D eigenvalue weighted by Gasteiger charge is 2.10. The van der Waals surface area contributed by atoms with Crippen molar-refractivity contribution in [3.8, 4) is 0 Å². The van der Waals surface area contributed by atoms with Gasteiger partial charge >= 0.3 is 0 Å².